The smallest absolute Gasteiger partial charge is 0.209 e. The summed E-state index contributed by atoms with van der Waals surface area (Å²) in [5.74, 6) is 0.876. The highest BCUT2D eigenvalue weighted by Gasteiger charge is 2.23. The van der Waals surface area contributed by atoms with Crippen LogP contribution in [0.1, 0.15) is 0 Å². The quantitative estimate of drug-likeness (QED) is 0.530. The van der Waals surface area contributed by atoms with Crippen LogP contribution < -0.4 is 0 Å². The van der Waals surface area contributed by atoms with E-state index in [1.165, 1.54) is 0 Å². The van der Waals surface area contributed by atoms with Gasteiger partial charge < -0.3 is 4.74 Å². The molecule has 0 saturated carbocycles. The van der Waals surface area contributed by atoms with Crippen LogP contribution >= 0.6 is 11.8 Å². The Morgan fingerprint density at radius 3 is 2.09 bits per heavy atom. The minimum Gasteiger partial charge on any atom is -0.372 e. The van der Waals surface area contributed by atoms with Gasteiger partial charge in [0.15, 0.2) is 0 Å². The number of thioether (sulfide) groups is 1. The summed E-state index contributed by atoms with van der Waals surface area (Å²) in [5.41, 5.74) is 3.74. The Morgan fingerprint density at radius 1 is 0.870 bits per heavy atom. The van der Waals surface area contributed by atoms with Crippen LogP contribution in [0.5, 0.6) is 0 Å². The number of nitrogens with zero attached hydrogens (tertiary/aromatic N) is 3. The van der Waals surface area contributed by atoms with Gasteiger partial charge in [-0.1, -0.05) is 72.4 Å². The van der Waals surface area contributed by atoms with E-state index in [0.717, 1.165) is 34.9 Å². The summed E-state index contributed by atoms with van der Waals surface area (Å²) in [4.78, 5) is 4.75. The third-order valence-electron chi connectivity index (χ3n) is 3.56. The van der Waals surface area contributed by atoms with Crippen molar-refractivity contribution in [2.45, 2.75) is 11.3 Å². The Kier molecular flexibility index (Phi) is 4.05. The van der Waals surface area contributed by atoms with Gasteiger partial charge >= 0.3 is 0 Å². The van der Waals surface area contributed by atoms with E-state index in [4.69, 9.17) is 9.72 Å². The van der Waals surface area contributed by atoms with Gasteiger partial charge in [-0.05, 0) is 0 Å². The summed E-state index contributed by atoms with van der Waals surface area (Å²) >= 11 is 1.59. The maximum absolute atomic E-state index is 5.24. The van der Waals surface area contributed by atoms with Gasteiger partial charge in [-0.3, -0.25) is 0 Å². The van der Waals surface area contributed by atoms with Crippen molar-refractivity contribution in [1.82, 2.24) is 15.2 Å². The van der Waals surface area contributed by atoms with Crippen LogP contribution in [0.15, 0.2) is 65.8 Å². The van der Waals surface area contributed by atoms with Gasteiger partial charge in [0.1, 0.15) is 11.4 Å². The molecule has 114 valence electrons. The van der Waals surface area contributed by atoms with Crippen molar-refractivity contribution in [3.63, 3.8) is 0 Å². The standard InChI is InChI=1S/C18H15N3OS/c1-3-7-13(8-4-1)16-17(14-9-5-2-6-10-14)20-21-18(19-16)23-12-15-11-22-15/h1-10,15H,11-12H2. The number of hydrogen-bond acceptors (Lipinski definition) is 5. The van der Waals surface area contributed by atoms with Gasteiger partial charge in [0.05, 0.1) is 12.7 Å². The molecule has 3 aromatic rings. The largest absolute Gasteiger partial charge is 0.372 e. The molecule has 0 amide bonds. The topological polar surface area (TPSA) is 51.2 Å². The molecule has 23 heavy (non-hydrogen) atoms. The van der Waals surface area contributed by atoms with Crippen molar-refractivity contribution < 1.29 is 4.74 Å². The molecule has 1 aliphatic rings. The molecule has 4 rings (SSSR count). The summed E-state index contributed by atoms with van der Waals surface area (Å²) in [7, 11) is 0. The normalized spacial score (nSPS) is 16.3. The van der Waals surface area contributed by atoms with Crippen LogP contribution in [-0.4, -0.2) is 33.6 Å². The fraction of sp³-hybridized carbons (Fsp3) is 0.167. The van der Waals surface area contributed by atoms with E-state index in [-0.39, 0.29) is 0 Å². The molecule has 1 fully saturated rings. The molecule has 1 atom stereocenters. The molecular formula is C18H15N3OS. The number of ether oxygens (including phenoxy) is 1. The zero-order chi connectivity index (χ0) is 15.5. The number of rotatable bonds is 5. The van der Waals surface area contributed by atoms with Crippen molar-refractivity contribution in [2.75, 3.05) is 12.4 Å². The molecule has 4 nitrogen and oxygen atoms in total. The Hall–Kier alpha value is -2.24. The third kappa shape index (κ3) is 3.41. The molecule has 1 saturated heterocycles. The zero-order valence-electron chi connectivity index (χ0n) is 12.4. The van der Waals surface area contributed by atoms with Gasteiger partial charge in [0.2, 0.25) is 5.16 Å². The van der Waals surface area contributed by atoms with Crippen LogP contribution in [-0.2, 0) is 4.74 Å². The van der Waals surface area contributed by atoms with Crippen LogP contribution in [0, 0.1) is 0 Å². The first-order valence-electron chi connectivity index (χ1n) is 7.50. The van der Waals surface area contributed by atoms with E-state index in [1.807, 2.05) is 48.5 Å². The van der Waals surface area contributed by atoms with E-state index >= 15 is 0 Å². The molecule has 2 heterocycles. The number of hydrogen-bond donors (Lipinski definition) is 0. The lowest BCUT2D eigenvalue weighted by molar-refractivity contribution is 0.426. The minimum atomic E-state index is 0.345. The Balaban J connectivity index is 1.75. The summed E-state index contributed by atoms with van der Waals surface area (Å²) in [6, 6.07) is 20.2. The molecule has 2 aromatic carbocycles. The average molecular weight is 321 g/mol. The molecule has 1 aliphatic heterocycles. The number of epoxide rings is 1. The average Bonchev–Trinajstić information content (AvgIpc) is 3.46. The molecular weight excluding hydrogens is 306 g/mol. The van der Waals surface area contributed by atoms with E-state index in [2.05, 4.69) is 22.3 Å². The maximum Gasteiger partial charge on any atom is 0.209 e. The first-order chi connectivity index (χ1) is 11.4. The van der Waals surface area contributed by atoms with Gasteiger partial charge in [-0.25, -0.2) is 4.98 Å². The lowest BCUT2D eigenvalue weighted by atomic mass is 10.0. The summed E-state index contributed by atoms with van der Waals surface area (Å²) < 4.78 is 5.24. The molecule has 1 aromatic heterocycles. The lowest BCUT2D eigenvalue weighted by Gasteiger charge is -2.09. The fourth-order valence-corrected chi connectivity index (χ4v) is 3.07. The van der Waals surface area contributed by atoms with Gasteiger partial charge in [-0.15, -0.1) is 10.2 Å². The third-order valence-corrected chi connectivity index (χ3v) is 4.53. The molecule has 0 bridgehead atoms. The number of aromatic nitrogens is 3. The second-order valence-electron chi connectivity index (χ2n) is 5.29. The van der Waals surface area contributed by atoms with E-state index in [1.54, 1.807) is 11.8 Å². The van der Waals surface area contributed by atoms with Crippen molar-refractivity contribution >= 4 is 11.8 Å². The fourth-order valence-electron chi connectivity index (χ4n) is 2.29. The minimum absolute atomic E-state index is 0.345. The van der Waals surface area contributed by atoms with Crippen molar-refractivity contribution in [2.24, 2.45) is 0 Å². The summed E-state index contributed by atoms with van der Waals surface area (Å²) in [6.45, 7) is 0.841. The first-order valence-corrected chi connectivity index (χ1v) is 8.49. The Morgan fingerprint density at radius 2 is 1.48 bits per heavy atom. The summed E-state index contributed by atoms with van der Waals surface area (Å²) in [5, 5.41) is 9.43. The molecule has 1 unspecified atom stereocenters. The van der Waals surface area contributed by atoms with Crippen LogP contribution in [0.2, 0.25) is 0 Å². The van der Waals surface area contributed by atoms with Crippen LogP contribution in [0.3, 0.4) is 0 Å². The monoisotopic (exact) mass is 321 g/mol. The molecule has 0 aliphatic carbocycles. The number of benzene rings is 2. The van der Waals surface area contributed by atoms with Gasteiger partial charge in [0, 0.05) is 16.9 Å². The predicted molar refractivity (Wildman–Crippen MR) is 91.2 cm³/mol. The second-order valence-corrected chi connectivity index (χ2v) is 6.28. The maximum atomic E-state index is 5.24. The van der Waals surface area contributed by atoms with Gasteiger partial charge in [0.25, 0.3) is 0 Å². The molecule has 0 radical (unpaired) electrons. The second kappa shape index (κ2) is 6.48. The van der Waals surface area contributed by atoms with Crippen LogP contribution in [0.25, 0.3) is 22.5 Å². The van der Waals surface area contributed by atoms with E-state index in [9.17, 15) is 0 Å². The predicted octanol–water partition coefficient (Wildman–Crippen LogP) is 3.70. The lowest BCUT2D eigenvalue weighted by Crippen LogP contribution is -2.00. The van der Waals surface area contributed by atoms with Gasteiger partial charge in [-0.2, -0.15) is 0 Å². The van der Waals surface area contributed by atoms with E-state index < -0.39 is 0 Å². The molecule has 0 N–H and O–H groups in total. The highest BCUT2D eigenvalue weighted by Crippen LogP contribution is 2.30. The van der Waals surface area contributed by atoms with Crippen molar-refractivity contribution in [1.29, 1.82) is 0 Å². The Labute approximate surface area is 138 Å². The van der Waals surface area contributed by atoms with Crippen molar-refractivity contribution in [3.8, 4) is 22.5 Å². The van der Waals surface area contributed by atoms with E-state index in [0.29, 0.717) is 11.3 Å². The zero-order valence-corrected chi connectivity index (χ0v) is 13.2. The Bertz CT molecular complexity index is 792. The molecule has 5 heteroatoms. The highest BCUT2D eigenvalue weighted by molar-refractivity contribution is 7.99. The van der Waals surface area contributed by atoms with Crippen molar-refractivity contribution in [3.05, 3.63) is 60.7 Å². The van der Waals surface area contributed by atoms with Crippen LogP contribution in [0.4, 0.5) is 0 Å². The SMILES string of the molecule is c1ccc(-c2nnc(SCC3CO3)nc2-c2ccccc2)cc1. The molecule has 0 spiro atoms. The highest BCUT2D eigenvalue weighted by atomic mass is 32.2. The first kappa shape index (κ1) is 14.4. The summed E-state index contributed by atoms with van der Waals surface area (Å²) in [6.07, 6.45) is 0.345.